The van der Waals surface area contributed by atoms with E-state index < -0.39 is 17.8 Å². The Morgan fingerprint density at radius 1 is 0.931 bits per heavy atom. The number of carbonyl (C=O) groups excluding carboxylic acids is 4. The number of furan rings is 1. The van der Waals surface area contributed by atoms with Crippen molar-refractivity contribution < 1.29 is 28.3 Å². The van der Waals surface area contributed by atoms with Crippen molar-refractivity contribution in [1.29, 1.82) is 0 Å². The van der Waals surface area contributed by atoms with Gasteiger partial charge in [0.2, 0.25) is 0 Å². The summed E-state index contributed by atoms with van der Waals surface area (Å²) >= 11 is 0. The Hall–Kier alpha value is -4.00. The van der Waals surface area contributed by atoms with Crippen LogP contribution in [0.2, 0.25) is 0 Å². The second-order valence-corrected chi connectivity index (χ2v) is 6.51. The van der Waals surface area contributed by atoms with Crippen LogP contribution in [0.3, 0.4) is 0 Å². The first-order chi connectivity index (χ1) is 13.9. The normalized spacial score (nSPS) is 12.8. The van der Waals surface area contributed by atoms with Gasteiger partial charge < -0.3 is 9.15 Å². The zero-order chi connectivity index (χ0) is 20.5. The van der Waals surface area contributed by atoms with E-state index in [1.807, 2.05) is 0 Å². The van der Waals surface area contributed by atoms with Crippen molar-refractivity contribution in [2.45, 2.75) is 13.5 Å². The molecule has 144 valence electrons. The highest BCUT2D eigenvalue weighted by Gasteiger charge is 2.36. The predicted molar refractivity (Wildman–Crippen MR) is 101 cm³/mol. The molecule has 0 bridgehead atoms. The molecule has 2 aromatic carbocycles. The summed E-state index contributed by atoms with van der Waals surface area (Å²) in [5.41, 5.74) is 1.01. The van der Waals surface area contributed by atoms with E-state index in [1.165, 1.54) is 43.5 Å². The summed E-state index contributed by atoms with van der Waals surface area (Å²) in [4.78, 5) is 50.0. The van der Waals surface area contributed by atoms with Gasteiger partial charge >= 0.3 is 5.97 Å². The molecule has 2 heterocycles. The second kappa shape index (κ2) is 7.20. The van der Waals surface area contributed by atoms with Gasteiger partial charge in [-0.05, 0) is 61.5 Å². The largest absolute Gasteiger partial charge is 0.467 e. The van der Waals surface area contributed by atoms with Crippen LogP contribution in [0.25, 0.3) is 0 Å². The highest BCUT2D eigenvalue weighted by molar-refractivity contribution is 6.21. The molecule has 7 heteroatoms. The highest BCUT2D eigenvalue weighted by atomic mass is 16.5. The lowest BCUT2D eigenvalue weighted by Crippen LogP contribution is -2.28. The summed E-state index contributed by atoms with van der Waals surface area (Å²) < 4.78 is 10.5. The Bertz CT molecular complexity index is 1130. The Balaban J connectivity index is 1.53. The van der Waals surface area contributed by atoms with E-state index in [4.69, 9.17) is 9.15 Å². The molecule has 0 saturated heterocycles. The van der Waals surface area contributed by atoms with Gasteiger partial charge in [-0.2, -0.15) is 0 Å². The van der Waals surface area contributed by atoms with E-state index in [0.29, 0.717) is 11.3 Å². The predicted octanol–water partition coefficient (Wildman–Crippen LogP) is 3.50. The number of hydrogen-bond acceptors (Lipinski definition) is 6. The minimum atomic E-state index is -0.673. The number of fused-ring (bicyclic) bond motifs is 1. The smallest absolute Gasteiger partial charge is 0.343 e. The van der Waals surface area contributed by atoms with Gasteiger partial charge in [0.1, 0.15) is 11.5 Å². The topological polar surface area (TPSA) is 93.9 Å². The molecule has 0 fully saturated rings. The maximum Gasteiger partial charge on any atom is 0.343 e. The summed E-state index contributed by atoms with van der Waals surface area (Å²) in [5, 5.41) is 0. The van der Waals surface area contributed by atoms with Gasteiger partial charge in [-0.3, -0.25) is 19.3 Å². The quantitative estimate of drug-likeness (QED) is 0.287. The zero-order valence-electron chi connectivity index (χ0n) is 15.4. The average Bonchev–Trinajstić information content (AvgIpc) is 3.31. The van der Waals surface area contributed by atoms with Crippen LogP contribution < -0.4 is 4.74 Å². The van der Waals surface area contributed by atoms with Crippen molar-refractivity contribution in [3.05, 3.63) is 88.9 Å². The molecule has 0 atom stereocenters. The molecule has 0 radical (unpaired) electrons. The number of carbonyl (C=O) groups is 4. The molecule has 2 amide bonds. The van der Waals surface area contributed by atoms with E-state index in [9.17, 15) is 19.2 Å². The van der Waals surface area contributed by atoms with Crippen LogP contribution in [0.15, 0.2) is 65.3 Å². The molecule has 4 rings (SSSR count). The first-order valence-corrected chi connectivity index (χ1v) is 8.80. The Morgan fingerprint density at radius 3 is 2.28 bits per heavy atom. The molecule has 1 aromatic heterocycles. The van der Waals surface area contributed by atoms with E-state index >= 15 is 0 Å². The lowest BCUT2D eigenvalue weighted by molar-refractivity contribution is 0.0630. The molecule has 1 aliphatic rings. The van der Waals surface area contributed by atoms with E-state index in [1.54, 1.807) is 24.3 Å². The van der Waals surface area contributed by atoms with Crippen molar-refractivity contribution in [3.8, 4) is 5.75 Å². The number of benzene rings is 2. The summed E-state index contributed by atoms with van der Waals surface area (Å²) in [6.45, 7) is 1.46. The van der Waals surface area contributed by atoms with Crippen LogP contribution in [-0.2, 0) is 6.54 Å². The van der Waals surface area contributed by atoms with Crippen molar-refractivity contribution in [1.82, 2.24) is 4.90 Å². The molecule has 7 nitrogen and oxygen atoms in total. The van der Waals surface area contributed by atoms with E-state index in [-0.39, 0.29) is 34.8 Å². The molecule has 29 heavy (non-hydrogen) atoms. The molecular formula is C22H15NO6. The fourth-order valence-electron chi connectivity index (χ4n) is 3.04. The number of ether oxygens (including phenoxy) is 1. The van der Waals surface area contributed by atoms with Gasteiger partial charge in [0, 0.05) is 5.56 Å². The Morgan fingerprint density at radius 2 is 1.62 bits per heavy atom. The lowest BCUT2D eigenvalue weighted by Gasteiger charge is -2.11. The standard InChI is InChI=1S/C22H15NO6/c1-13(24)14-4-7-16(8-5-14)29-22(27)15-6-9-18-19(11-15)21(26)23(20(18)25)12-17-3-2-10-28-17/h2-11H,12H2,1H3. The molecule has 0 saturated carbocycles. The summed E-state index contributed by atoms with van der Waals surface area (Å²) in [5.74, 6) is -0.963. The minimum absolute atomic E-state index is 0.0155. The van der Waals surface area contributed by atoms with Gasteiger partial charge in [0.15, 0.2) is 5.78 Å². The second-order valence-electron chi connectivity index (χ2n) is 6.51. The number of amides is 2. The van der Waals surface area contributed by atoms with Gasteiger partial charge in [0.25, 0.3) is 11.8 Å². The molecule has 1 aliphatic heterocycles. The van der Waals surface area contributed by atoms with Crippen LogP contribution in [0.5, 0.6) is 5.75 Å². The fraction of sp³-hybridized carbons (Fsp3) is 0.0909. The van der Waals surface area contributed by atoms with Crippen LogP contribution in [0, 0.1) is 0 Å². The lowest BCUT2D eigenvalue weighted by atomic mass is 10.1. The molecule has 3 aromatic rings. The van der Waals surface area contributed by atoms with Crippen molar-refractivity contribution in [2.75, 3.05) is 0 Å². The number of nitrogens with zero attached hydrogens (tertiary/aromatic N) is 1. The monoisotopic (exact) mass is 389 g/mol. The number of hydrogen-bond donors (Lipinski definition) is 0. The summed E-state index contributed by atoms with van der Waals surface area (Å²) in [6.07, 6.45) is 1.46. The number of Topliss-reactive ketones (excluding diaryl/α,β-unsaturated/α-hetero) is 1. The van der Waals surface area contributed by atoms with Crippen molar-refractivity contribution >= 4 is 23.6 Å². The first kappa shape index (κ1) is 18.4. The number of esters is 1. The van der Waals surface area contributed by atoms with Crippen LogP contribution in [-0.4, -0.2) is 28.5 Å². The number of rotatable bonds is 5. The van der Waals surface area contributed by atoms with Crippen LogP contribution in [0.4, 0.5) is 0 Å². The van der Waals surface area contributed by atoms with Crippen LogP contribution >= 0.6 is 0 Å². The van der Waals surface area contributed by atoms with Crippen molar-refractivity contribution in [2.24, 2.45) is 0 Å². The SMILES string of the molecule is CC(=O)c1ccc(OC(=O)c2ccc3c(c2)C(=O)N(Cc2ccco2)C3=O)cc1. The van der Waals surface area contributed by atoms with Crippen LogP contribution in [0.1, 0.15) is 54.1 Å². The minimum Gasteiger partial charge on any atom is -0.467 e. The van der Waals surface area contributed by atoms with Gasteiger partial charge in [-0.15, -0.1) is 0 Å². The molecule has 0 N–H and O–H groups in total. The number of imide groups is 1. The molecule has 0 unspecified atom stereocenters. The van der Waals surface area contributed by atoms with E-state index in [0.717, 1.165) is 4.90 Å². The molecular weight excluding hydrogens is 374 g/mol. The Kier molecular flexibility index (Phi) is 4.56. The molecule has 0 spiro atoms. The van der Waals surface area contributed by atoms with Gasteiger partial charge in [-0.25, -0.2) is 4.79 Å². The average molecular weight is 389 g/mol. The fourth-order valence-corrected chi connectivity index (χ4v) is 3.04. The Labute approximate surface area is 165 Å². The maximum absolute atomic E-state index is 12.6. The molecule has 0 aliphatic carbocycles. The summed E-state index contributed by atoms with van der Waals surface area (Å²) in [6, 6.07) is 13.7. The third-order valence-corrected chi connectivity index (χ3v) is 4.57. The van der Waals surface area contributed by atoms with Gasteiger partial charge in [-0.1, -0.05) is 0 Å². The van der Waals surface area contributed by atoms with Crippen molar-refractivity contribution in [3.63, 3.8) is 0 Å². The highest BCUT2D eigenvalue weighted by Crippen LogP contribution is 2.26. The maximum atomic E-state index is 12.6. The third-order valence-electron chi connectivity index (χ3n) is 4.57. The van der Waals surface area contributed by atoms with E-state index in [2.05, 4.69) is 0 Å². The number of ketones is 1. The first-order valence-electron chi connectivity index (χ1n) is 8.80. The van der Waals surface area contributed by atoms with Gasteiger partial charge in [0.05, 0.1) is 29.5 Å². The zero-order valence-corrected chi connectivity index (χ0v) is 15.4. The summed E-state index contributed by atoms with van der Waals surface area (Å²) in [7, 11) is 0. The third kappa shape index (κ3) is 3.45.